The lowest BCUT2D eigenvalue weighted by Gasteiger charge is -2.16. The molecule has 0 unspecified atom stereocenters. The molecule has 1 aromatic rings. The van der Waals surface area contributed by atoms with E-state index in [4.69, 9.17) is 4.74 Å². The number of unbranched alkanes of at least 4 members (excludes halogenated alkanes) is 4. The monoisotopic (exact) mass is 475 g/mol. The molecule has 0 aromatic heterocycles. The highest BCUT2D eigenvalue weighted by atomic mass is 16.5. The van der Waals surface area contributed by atoms with Gasteiger partial charge in [0.05, 0.1) is 6.04 Å². The fourth-order valence-electron chi connectivity index (χ4n) is 3.31. The first-order valence-electron chi connectivity index (χ1n) is 12.4. The van der Waals surface area contributed by atoms with Crippen LogP contribution >= 0.6 is 0 Å². The van der Waals surface area contributed by atoms with Crippen LogP contribution in [0.3, 0.4) is 0 Å². The van der Waals surface area contributed by atoms with Crippen LogP contribution in [0.1, 0.15) is 83.6 Å². The van der Waals surface area contributed by atoms with Crippen LogP contribution in [0.2, 0.25) is 0 Å². The van der Waals surface area contributed by atoms with E-state index in [-0.39, 0.29) is 24.2 Å². The topological polar surface area (TPSA) is 114 Å². The van der Waals surface area contributed by atoms with Crippen LogP contribution in [0, 0.1) is 0 Å². The van der Waals surface area contributed by atoms with Gasteiger partial charge in [0.2, 0.25) is 11.8 Å². The molecule has 8 heteroatoms. The number of hydrogen-bond acceptors (Lipinski definition) is 5. The van der Waals surface area contributed by atoms with Crippen LogP contribution in [0.25, 0.3) is 0 Å². The Morgan fingerprint density at radius 2 is 1.44 bits per heavy atom. The molecule has 8 nitrogen and oxygen atoms in total. The molecule has 34 heavy (non-hydrogen) atoms. The number of benzene rings is 1. The highest BCUT2D eigenvalue weighted by Gasteiger charge is 2.17. The summed E-state index contributed by atoms with van der Waals surface area (Å²) < 4.78 is 5.18. The SMILES string of the molecule is CCCCNC(=O)CCCCCC(=O)NCCCC[C@H](NC(=O)OCc1ccccc1)C(C)=O. The maximum Gasteiger partial charge on any atom is 0.408 e. The minimum atomic E-state index is -0.615. The van der Waals surface area contributed by atoms with Crippen LogP contribution in [-0.2, 0) is 25.7 Å². The molecule has 0 bridgehead atoms. The predicted octanol–water partition coefficient (Wildman–Crippen LogP) is 4.02. The van der Waals surface area contributed by atoms with E-state index in [0.717, 1.165) is 44.2 Å². The molecule has 0 fully saturated rings. The van der Waals surface area contributed by atoms with Gasteiger partial charge in [0.1, 0.15) is 6.61 Å². The number of rotatable bonds is 18. The zero-order chi connectivity index (χ0) is 25.0. The first-order chi connectivity index (χ1) is 16.4. The number of ketones is 1. The Labute approximate surface area is 203 Å². The molecule has 1 atom stereocenters. The number of amides is 3. The van der Waals surface area contributed by atoms with E-state index in [2.05, 4.69) is 22.9 Å². The Hall–Kier alpha value is -2.90. The van der Waals surface area contributed by atoms with Gasteiger partial charge in [-0.25, -0.2) is 4.79 Å². The fourth-order valence-corrected chi connectivity index (χ4v) is 3.31. The molecule has 0 heterocycles. The molecule has 0 aliphatic rings. The Kier molecular flexibility index (Phi) is 15.9. The molecule has 0 radical (unpaired) electrons. The van der Waals surface area contributed by atoms with Crippen LogP contribution in [-0.4, -0.2) is 42.8 Å². The third kappa shape index (κ3) is 15.0. The molecule has 190 valence electrons. The molecule has 3 N–H and O–H groups in total. The van der Waals surface area contributed by atoms with Crippen molar-refractivity contribution < 1.29 is 23.9 Å². The first kappa shape index (κ1) is 29.1. The molecule has 1 rings (SSSR count). The molecule has 0 spiro atoms. The number of hydrogen-bond donors (Lipinski definition) is 3. The standard InChI is InChI=1S/C26H41N3O5/c1-3-4-18-27-24(31)16-9-6-10-17-25(32)28-19-12-11-15-23(21(2)30)29-26(33)34-20-22-13-7-5-8-14-22/h5,7-8,13-14,23H,3-4,6,9-12,15-20H2,1-2H3,(H,27,31)(H,28,32)(H,29,33)/t23-/m0/s1. The number of alkyl carbamates (subject to hydrolysis) is 1. The van der Waals surface area contributed by atoms with E-state index in [0.29, 0.717) is 38.6 Å². The first-order valence-corrected chi connectivity index (χ1v) is 12.4. The summed E-state index contributed by atoms with van der Waals surface area (Å²) in [6, 6.07) is 8.73. The highest BCUT2D eigenvalue weighted by Crippen LogP contribution is 2.06. The van der Waals surface area contributed by atoms with Gasteiger partial charge in [-0.3, -0.25) is 14.4 Å². The van der Waals surface area contributed by atoms with Gasteiger partial charge in [0, 0.05) is 25.9 Å². The van der Waals surface area contributed by atoms with E-state index in [1.54, 1.807) is 0 Å². The molecule has 0 aliphatic heterocycles. The zero-order valence-electron chi connectivity index (χ0n) is 20.7. The zero-order valence-corrected chi connectivity index (χ0v) is 20.7. The van der Waals surface area contributed by atoms with Gasteiger partial charge in [-0.05, 0) is 51.0 Å². The number of carbonyl (C=O) groups is 4. The Bertz CT molecular complexity index is 739. The number of Topliss-reactive ketones (excluding diaryl/α,β-unsaturated/α-hetero) is 1. The van der Waals surface area contributed by atoms with Crippen LogP contribution < -0.4 is 16.0 Å². The summed E-state index contributed by atoms with van der Waals surface area (Å²) in [5.74, 6) is -0.0430. The summed E-state index contributed by atoms with van der Waals surface area (Å²) in [5, 5.41) is 8.40. The van der Waals surface area contributed by atoms with Crippen LogP contribution in [0.15, 0.2) is 30.3 Å². The Morgan fingerprint density at radius 3 is 2.03 bits per heavy atom. The largest absolute Gasteiger partial charge is 0.445 e. The van der Waals surface area contributed by atoms with Gasteiger partial charge in [0.25, 0.3) is 0 Å². The maximum absolute atomic E-state index is 12.0. The van der Waals surface area contributed by atoms with Crippen molar-refractivity contribution in [2.24, 2.45) is 0 Å². The maximum atomic E-state index is 12.0. The van der Waals surface area contributed by atoms with Gasteiger partial charge < -0.3 is 20.7 Å². The van der Waals surface area contributed by atoms with E-state index >= 15 is 0 Å². The Morgan fingerprint density at radius 1 is 0.824 bits per heavy atom. The summed E-state index contributed by atoms with van der Waals surface area (Å²) >= 11 is 0. The van der Waals surface area contributed by atoms with Gasteiger partial charge >= 0.3 is 6.09 Å². The summed E-state index contributed by atoms with van der Waals surface area (Å²) in [4.78, 5) is 47.4. The second-order valence-electron chi connectivity index (χ2n) is 8.48. The van der Waals surface area contributed by atoms with E-state index < -0.39 is 12.1 Å². The molecular weight excluding hydrogens is 434 g/mol. The molecule has 1 aromatic carbocycles. The van der Waals surface area contributed by atoms with Crippen LogP contribution in [0.4, 0.5) is 4.79 Å². The van der Waals surface area contributed by atoms with Crippen LogP contribution in [0.5, 0.6) is 0 Å². The minimum absolute atomic E-state index is 0.00173. The molecular formula is C26H41N3O5. The molecule has 0 saturated carbocycles. The van der Waals surface area contributed by atoms with Crippen molar-refractivity contribution in [3.63, 3.8) is 0 Å². The van der Waals surface area contributed by atoms with Crippen molar-refractivity contribution in [1.82, 2.24) is 16.0 Å². The lowest BCUT2D eigenvalue weighted by atomic mass is 10.1. The summed E-state index contributed by atoms with van der Waals surface area (Å²) in [6.45, 7) is 4.94. The average Bonchev–Trinajstić information content (AvgIpc) is 2.82. The summed E-state index contributed by atoms with van der Waals surface area (Å²) in [5.41, 5.74) is 0.876. The van der Waals surface area contributed by atoms with Crippen molar-refractivity contribution in [3.8, 4) is 0 Å². The van der Waals surface area contributed by atoms with Gasteiger partial charge in [-0.2, -0.15) is 0 Å². The quantitative estimate of drug-likeness (QED) is 0.278. The lowest BCUT2D eigenvalue weighted by Crippen LogP contribution is -2.40. The van der Waals surface area contributed by atoms with E-state index in [1.807, 2.05) is 30.3 Å². The van der Waals surface area contributed by atoms with E-state index in [9.17, 15) is 19.2 Å². The fraction of sp³-hybridized carbons (Fsp3) is 0.615. The molecule has 0 saturated heterocycles. The number of carbonyl (C=O) groups excluding carboxylic acids is 4. The van der Waals surface area contributed by atoms with Gasteiger partial charge in [0.15, 0.2) is 5.78 Å². The number of ether oxygens (including phenoxy) is 1. The van der Waals surface area contributed by atoms with Gasteiger partial charge in [-0.15, -0.1) is 0 Å². The Balaban J connectivity index is 2.08. The smallest absolute Gasteiger partial charge is 0.408 e. The highest BCUT2D eigenvalue weighted by molar-refractivity contribution is 5.85. The van der Waals surface area contributed by atoms with Crippen molar-refractivity contribution in [2.45, 2.75) is 90.7 Å². The molecule has 3 amide bonds. The average molecular weight is 476 g/mol. The predicted molar refractivity (Wildman–Crippen MR) is 132 cm³/mol. The van der Waals surface area contributed by atoms with Crippen molar-refractivity contribution in [2.75, 3.05) is 13.1 Å². The van der Waals surface area contributed by atoms with Crippen molar-refractivity contribution in [1.29, 1.82) is 0 Å². The second kappa shape index (κ2) is 18.5. The van der Waals surface area contributed by atoms with Crippen molar-refractivity contribution in [3.05, 3.63) is 35.9 Å². The third-order valence-electron chi connectivity index (χ3n) is 5.40. The number of nitrogens with one attached hydrogen (secondary N) is 3. The summed E-state index contributed by atoms with van der Waals surface area (Å²) in [7, 11) is 0. The lowest BCUT2D eigenvalue weighted by molar-refractivity contribution is -0.121. The van der Waals surface area contributed by atoms with Crippen molar-refractivity contribution >= 4 is 23.7 Å². The summed E-state index contributed by atoms with van der Waals surface area (Å²) in [6.07, 6.45) is 6.70. The molecule has 0 aliphatic carbocycles. The van der Waals surface area contributed by atoms with E-state index in [1.165, 1.54) is 6.92 Å². The normalized spacial score (nSPS) is 11.4. The van der Waals surface area contributed by atoms with Gasteiger partial charge in [-0.1, -0.05) is 50.1 Å². The minimum Gasteiger partial charge on any atom is -0.445 e. The third-order valence-corrected chi connectivity index (χ3v) is 5.40. The second-order valence-corrected chi connectivity index (χ2v) is 8.48.